The maximum absolute atomic E-state index is 3.56. The monoisotopic (exact) mass is 235 g/mol. The highest BCUT2D eigenvalue weighted by atomic mass is 32.2. The van der Waals surface area contributed by atoms with Crippen molar-refractivity contribution < 1.29 is 0 Å². The molecule has 16 heavy (non-hydrogen) atoms. The molecule has 0 heterocycles. The lowest BCUT2D eigenvalue weighted by Crippen LogP contribution is -2.26. The van der Waals surface area contributed by atoms with Gasteiger partial charge in [-0.05, 0) is 44.9 Å². The molecule has 2 unspecified atom stereocenters. The van der Waals surface area contributed by atoms with Crippen molar-refractivity contribution in [2.75, 3.05) is 6.54 Å². The molecule has 1 aliphatic carbocycles. The molecule has 0 saturated heterocycles. The Balaban J connectivity index is 1.84. The molecule has 88 valence electrons. The topological polar surface area (TPSA) is 12.0 Å². The second-order valence-corrected chi connectivity index (χ2v) is 5.99. The fraction of sp³-hybridized carbons (Fsp3) is 0.571. The third-order valence-electron chi connectivity index (χ3n) is 3.20. The Morgan fingerprint density at radius 2 is 2.00 bits per heavy atom. The van der Waals surface area contributed by atoms with E-state index < -0.39 is 0 Å². The molecular formula is C14H21NS. The zero-order chi connectivity index (χ0) is 11.4. The number of hydrogen-bond acceptors (Lipinski definition) is 2. The zero-order valence-corrected chi connectivity index (χ0v) is 11.0. The van der Waals surface area contributed by atoms with Crippen LogP contribution in [-0.4, -0.2) is 17.8 Å². The van der Waals surface area contributed by atoms with Gasteiger partial charge in [-0.1, -0.05) is 24.6 Å². The predicted molar refractivity (Wildman–Crippen MR) is 72.1 cm³/mol. The largest absolute Gasteiger partial charge is 0.314 e. The van der Waals surface area contributed by atoms with E-state index >= 15 is 0 Å². The maximum Gasteiger partial charge on any atom is 0.0110 e. The Morgan fingerprint density at radius 1 is 1.25 bits per heavy atom. The summed E-state index contributed by atoms with van der Waals surface area (Å²) in [5.74, 6) is 0. The van der Waals surface area contributed by atoms with E-state index in [9.17, 15) is 0 Å². The molecule has 1 aromatic rings. The summed E-state index contributed by atoms with van der Waals surface area (Å²) in [7, 11) is 0. The molecule has 1 aliphatic rings. The standard InChI is InChI=1S/C14H21NS/c1-3-15-12-6-9-14(10-12)16-13-7-4-11(2)5-8-13/h4-5,7-8,12,14-15H,3,6,9-10H2,1-2H3. The summed E-state index contributed by atoms with van der Waals surface area (Å²) in [5.41, 5.74) is 1.35. The lowest BCUT2D eigenvalue weighted by molar-refractivity contribution is 0.543. The molecule has 1 aromatic carbocycles. The van der Waals surface area contributed by atoms with Gasteiger partial charge in [-0.3, -0.25) is 0 Å². The number of benzene rings is 1. The van der Waals surface area contributed by atoms with Gasteiger partial charge in [0.25, 0.3) is 0 Å². The van der Waals surface area contributed by atoms with E-state index in [1.54, 1.807) is 0 Å². The lowest BCUT2D eigenvalue weighted by Gasteiger charge is -2.11. The van der Waals surface area contributed by atoms with Gasteiger partial charge < -0.3 is 5.32 Å². The van der Waals surface area contributed by atoms with Crippen molar-refractivity contribution in [1.29, 1.82) is 0 Å². The normalized spacial score (nSPS) is 24.9. The van der Waals surface area contributed by atoms with Gasteiger partial charge >= 0.3 is 0 Å². The third-order valence-corrected chi connectivity index (χ3v) is 4.51. The fourth-order valence-corrected chi connectivity index (χ4v) is 3.59. The highest BCUT2D eigenvalue weighted by Gasteiger charge is 2.24. The summed E-state index contributed by atoms with van der Waals surface area (Å²) in [4.78, 5) is 1.42. The van der Waals surface area contributed by atoms with Gasteiger partial charge in [0.2, 0.25) is 0 Å². The lowest BCUT2D eigenvalue weighted by atomic mass is 10.2. The number of rotatable bonds is 4. The van der Waals surface area contributed by atoms with E-state index in [1.807, 2.05) is 11.8 Å². The van der Waals surface area contributed by atoms with E-state index in [-0.39, 0.29) is 0 Å². The van der Waals surface area contributed by atoms with Crippen molar-refractivity contribution >= 4 is 11.8 Å². The molecule has 1 nitrogen and oxygen atoms in total. The Labute approximate surface area is 103 Å². The summed E-state index contributed by atoms with van der Waals surface area (Å²) in [6, 6.07) is 9.67. The molecule has 0 aromatic heterocycles. The van der Waals surface area contributed by atoms with Crippen LogP contribution in [0.2, 0.25) is 0 Å². The van der Waals surface area contributed by atoms with Gasteiger partial charge in [0, 0.05) is 16.2 Å². The molecule has 0 spiro atoms. The summed E-state index contributed by atoms with van der Waals surface area (Å²) in [5, 5.41) is 4.37. The number of thioether (sulfide) groups is 1. The number of hydrogen-bond donors (Lipinski definition) is 1. The molecule has 0 amide bonds. The van der Waals surface area contributed by atoms with Crippen molar-refractivity contribution in [3.05, 3.63) is 29.8 Å². The van der Waals surface area contributed by atoms with Crippen LogP contribution in [0.25, 0.3) is 0 Å². The van der Waals surface area contributed by atoms with Crippen LogP contribution < -0.4 is 5.32 Å². The van der Waals surface area contributed by atoms with Crippen molar-refractivity contribution in [2.24, 2.45) is 0 Å². The first kappa shape index (κ1) is 12.0. The molecule has 0 aliphatic heterocycles. The maximum atomic E-state index is 3.56. The van der Waals surface area contributed by atoms with E-state index in [2.05, 4.69) is 43.4 Å². The molecule has 2 heteroatoms. The van der Waals surface area contributed by atoms with Crippen LogP contribution in [0.3, 0.4) is 0 Å². The van der Waals surface area contributed by atoms with Crippen LogP contribution in [0.4, 0.5) is 0 Å². The molecule has 0 radical (unpaired) electrons. The van der Waals surface area contributed by atoms with Crippen LogP contribution in [0.1, 0.15) is 31.7 Å². The van der Waals surface area contributed by atoms with Gasteiger partial charge in [-0.15, -0.1) is 11.8 Å². The SMILES string of the molecule is CCNC1CCC(Sc2ccc(C)cc2)C1. The number of aryl methyl sites for hydroxylation is 1. The smallest absolute Gasteiger partial charge is 0.0110 e. The van der Waals surface area contributed by atoms with Crippen LogP contribution >= 0.6 is 11.8 Å². The third kappa shape index (κ3) is 3.26. The Hall–Kier alpha value is -0.470. The van der Waals surface area contributed by atoms with Crippen molar-refractivity contribution in [3.8, 4) is 0 Å². The number of nitrogens with one attached hydrogen (secondary N) is 1. The van der Waals surface area contributed by atoms with E-state index in [4.69, 9.17) is 0 Å². The second-order valence-electron chi connectivity index (χ2n) is 4.62. The fourth-order valence-electron chi connectivity index (χ4n) is 2.33. The minimum atomic E-state index is 0.757. The molecule has 1 fully saturated rings. The molecule has 1 N–H and O–H groups in total. The molecule has 1 saturated carbocycles. The minimum Gasteiger partial charge on any atom is -0.314 e. The molecule has 2 rings (SSSR count). The van der Waals surface area contributed by atoms with Crippen LogP contribution in [0.15, 0.2) is 29.2 Å². The Morgan fingerprint density at radius 3 is 2.69 bits per heavy atom. The first-order valence-corrected chi connectivity index (χ1v) is 7.12. The van der Waals surface area contributed by atoms with Gasteiger partial charge in [0.1, 0.15) is 0 Å². The Kier molecular flexibility index (Phi) is 4.30. The quantitative estimate of drug-likeness (QED) is 0.855. The minimum absolute atomic E-state index is 0.757. The molecule has 2 atom stereocenters. The van der Waals surface area contributed by atoms with Gasteiger partial charge in [-0.2, -0.15) is 0 Å². The highest BCUT2D eigenvalue weighted by molar-refractivity contribution is 8.00. The second kappa shape index (κ2) is 5.74. The van der Waals surface area contributed by atoms with E-state index in [0.29, 0.717) is 0 Å². The summed E-state index contributed by atoms with van der Waals surface area (Å²) < 4.78 is 0. The zero-order valence-electron chi connectivity index (χ0n) is 10.2. The predicted octanol–water partition coefficient (Wildman–Crippen LogP) is 3.62. The van der Waals surface area contributed by atoms with E-state index in [1.165, 1.54) is 29.7 Å². The molecular weight excluding hydrogens is 214 g/mol. The summed E-state index contributed by atoms with van der Waals surface area (Å²) >= 11 is 2.05. The van der Waals surface area contributed by atoms with Crippen LogP contribution in [-0.2, 0) is 0 Å². The van der Waals surface area contributed by atoms with Crippen molar-refractivity contribution in [1.82, 2.24) is 5.32 Å². The van der Waals surface area contributed by atoms with Crippen molar-refractivity contribution in [3.63, 3.8) is 0 Å². The summed E-state index contributed by atoms with van der Waals surface area (Å²) in [6.07, 6.45) is 4.03. The molecule has 0 bridgehead atoms. The summed E-state index contributed by atoms with van der Waals surface area (Å²) in [6.45, 7) is 5.44. The highest BCUT2D eigenvalue weighted by Crippen LogP contribution is 2.34. The first-order chi connectivity index (χ1) is 7.78. The first-order valence-electron chi connectivity index (χ1n) is 6.24. The van der Waals surface area contributed by atoms with Gasteiger partial charge in [0.15, 0.2) is 0 Å². The van der Waals surface area contributed by atoms with Gasteiger partial charge in [-0.25, -0.2) is 0 Å². The average molecular weight is 235 g/mol. The van der Waals surface area contributed by atoms with Gasteiger partial charge in [0.05, 0.1) is 0 Å². The van der Waals surface area contributed by atoms with Crippen LogP contribution in [0, 0.1) is 6.92 Å². The van der Waals surface area contributed by atoms with Crippen LogP contribution in [0.5, 0.6) is 0 Å². The van der Waals surface area contributed by atoms with E-state index in [0.717, 1.165) is 17.8 Å². The average Bonchev–Trinajstić information content (AvgIpc) is 2.70. The Bertz CT molecular complexity index is 320. The van der Waals surface area contributed by atoms with Crippen molar-refractivity contribution in [2.45, 2.75) is 49.3 Å².